The molecule has 0 aliphatic carbocycles. The van der Waals surface area contributed by atoms with Gasteiger partial charge in [0.2, 0.25) is 5.91 Å². The zero-order chi connectivity index (χ0) is 8.69. The lowest BCUT2D eigenvalue weighted by Crippen LogP contribution is -2.85. The first kappa shape index (κ1) is 10.2. The van der Waals surface area contributed by atoms with Crippen molar-refractivity contribution in [2.45, 2.75) is 13.8 Å². The van der Waals surface area contributed by atoms with Crippen molar-refractivity contribution >= 4 is 5.91 Å². The molecule has 0 heterocycles. The van der Waals surface area contributed by atoms with E-state index in [4.69, 9.17) is 0 Å². The Morgan fingerprint density at radius 1 is 1.64 bits per heavy atom. The van der Waals surface area contributed by atoms with Gasteiger partial charge in [0.25, 0.3) is 0 Å². The predicted octanol–water partition coefficient (Wildman–Crippen LogP) is -0.738. The molecule has 0 aliphatic rings. The standard InChI is InChI=1S/C8H16N2O/c1-4-9-5-6-10-8(11)7(2)3/h9H,2,4-6H2,1,3H3,(H,10,11)/p+1. The number of nitrogens with one attached hydrogen (secondary N) is 1. The van der Waals surface area contributed by atoms with Crippen molar-refractivity contribution in [3.8, 4) is 0 Å². The molecule has 0 bridgehead atoms. The molecule has 0 rings (SSSR count). The lowest BCUT2D eigenvalue weighted by Gasteiger charge is -2.02. The van der Waals surface area contributed by atoms with E-state index >= 15 is 0 Å². The molecule has 11 heavy (non-hydrogen) atoms. The van der Waals surface area contributed by atoms with Gasteiger partial charge in [-0.1, -0.05) is 6.58 Å². The summed E-state index contributed by atoms with van der Waals surface area (Å²) in [7, 11) is 0. The molecule has 0 saturated carbocycles. The second-order valence-corrected chi connectivity index (χ2v) is 2.52. The average molecular weight is 157 g/mol. The zero-order valence-corrected chi connectivity index (χ0v) is 7.31. The molecule has 0 aromatic heterocycles. The van der Waals surface area contributed by atoms with E-state index < -0.39 is 0 Å². The Bertz CT molecular complexity index is 143. The Morgan fingerprint density at radius 2 is 2.27 bits per heavy atom. The van der Waals surface area contributed by atoms with Crippen LogP contribution in [0.2, 0.25) is 0 Å². The highest BCUT2D eigenvalue weighted by Crippen LogP contribution is 1.82. The normalized spacial score (nSPS) is 9.27. The first-order valence-corrected chi connectivity index (χ1v) is 3.93. The van der Waals surface area contributed by atoms with Gasteiger partial charge in [0.1, 0.15) is 0 Å². The van der Waals surface area contributed by atoms with Crippen LogP contribution in [0.1, 0.15) is 13.8 Å². The minimum absolute atomic E-state index is 0.0468. The first-order chi connectivity index (χ1) is 5.18. The third-order valence-electron chi connectivity index (χ3n) is 1.31. The van der Waals surface area contributed by atoms with E-state index in [1.54, 1.807) is 6.92 Å². The van der Waals surface area contributed by atoms with E-state index in [-0.39, 0.29) is 5.91 Å². The molecule has 64 valence electrons. The quantitative estimate of drug-likeness (QED) is 0.401. The molecule has 0 unspecified atom stereocenters. The zero-order valence-electron chi connectivity index (χ0n) is 7.31. The Balaban J connectivity index is 3.25. The molecule has 0 saturated heterocycles. The first-order valence-electron chi connectivity index (χ1n) is 3.93. The number of nitrogens with two attached hydrogens (primary N) is 1. The van der Waals surface area contributed by atoms with Gasteiger partial charge in [-0.2, -0.15) is 0 Å². The van der Waals surface area contributed by atoms with E-state index in [0.29, 0.717) is 5.57 Å². The molecule has 0 atom stereocenters. The summed E-state index contributed by atoms with van der Waals surface area (Å²) in [5.41, 5.74) is 0.571. The van der Waals surface area contributed by atoms with Crippen LogP contribution in [-0.2, 0) is 4.79 Å². The molecule has 0 aliphatic heterocycles. The summed E-state index contributed by atoms with van der Waals surface area (Å²) in [6.07, 6.45) is 0. The molecule has 0 aromatic rings. The topological polar surface area (TPSA) is 45.7 Å². The third-order valence-corrected chi connectivity index (χ3v) is 1.31. The van der Waals surface area contributed by atoms with Crippen LogP contribution < -0.4 is 10.6 Å². The minimum Gasteiger partial charge on any atom is -0.347 e. The fourth-order valence-electron chi connectivity index (χ4n) is 0.643. The van der Waals surface area contributed by atoms with E-state index in [9.17, 15) is 4.79 Å². The lowest BCUT2D eigenvalue weighted by molar-refractivity contribution is -0.649. The molecule has 3 nitrogen and oxygen atoms in total. The highest BCUT2D eigenvalue weighted by molar-refractivity contribution is 5.91. The maximum Gasteiger partial charge on any atom is 0.246 e. The van der Waals surface area contributed by atoms with Gasteiger partial charge in [-0.05, 0) is 13.8 Å². The summed E-state index contributed by atoms with van der Waals surface area (Å²) in [4.78, 5) is 10.9. The van der Waals surface area contributed by atoms with Crippen LogP contribution in [0.4, 0.5) is 0 Å². The van der Waals surface area contributed by atoms with Crippen molar-refractivity contribution in [3.63, 3.8) is 0 Å². The highest BCUT2D eigenvalue weighted by Gasteiger charge is 1.98. The van der Waals surface area contributed by atoms with Crippen LogP contribution in [-0.4, -0.2) is 25.5 Å². The maximum absolute atomic E-state index is 10.9. The van der Waals surface area contributed by atoms with E-state index in [0.717, 1.165) is 19.6 Å². The largest absolute Gasteiger partial charge is 0.347 e. The molecule has 0 aromatic carbocycles. The summed E-state index contributed by atoms with van der Waals surface area (Å²) < 4.78 is 0. The van der Waals surface area contributed by atoms with Crippen molar-refractivity contribution in [1.82, 2.24) is 5.32 Å². The SMILES string of the molecule is C=C(C)C(=O)NCC[NH2+]CC. The van der Waals surface area contributed by atoms with Gasteiger partial charge < -0.3 is 10.6 Å². The number of likely N-dealkylation sites (N-methyl/N-ethyl adjacent to an activating group) is 1. The monoisotopic (exact) mass is 157 g/mol. The third kappa shape index (κ3) is 5.61. The van der Waals surface area contributed by atoms with Crippen LogP contribution in [0.25, 0.3) is 0 Å². The Morgan fingerprint density at radius 3 is 2.73 bits per heavy atom. The van der Waals surface area contributed by atoms with Gasteiger partial charge in [0, 0.05) is 5.57 Å². The smallest absolute Gasteiger partial charge is 0.246 e. The maximum atomic E-state index is 10.9. The summed E-state index contributed by atoms with van der Waals surface area (Å²) in [5, 5.41) is 4.88. The number of amides is 1. The van der Waals surface area contributed by atoms with Crippen molar-refractivity contribution < 1.29 is 10.1 Å². The van der Waals surface area contributed by atoms with Gasteiger partial charge in [-0.3, -0.25) is 4.79 Å². The number of carbonyl (C=O) groups excluding carboxylic acids is 1. The van der Waals surface area contributed by atoms with Gasteiger partial charge >= 0.3 is 0 Å². The average Bonchev–Trinajstić information content (AvgIpc) is 1.97. The fourth-order valence-corrected chi connectivity index (χ4v) is 0.643. The van der Waals surface area contributed by atoms with Crippen molar-refractivity contribution in [1.29, 1.82) is 0 Å². The van der Waals surface area contributed by atoms with Crippen molar-refractivity contribution in [2.24, 2.45) is 0 Å². The van der Waals surface area contributed by atoms with E-state index in [1.807, 2.05) is 0 Å². The summed E-state index contributed by atoms with van der Waals surface area (Å²) in [5.74, 6) is -0.0468. The highest BCUT2D eigenvalue weighted by atomic mass is 16.1. The molecule has 0 radical (unpaired) electrons. The molecule has 3 heteroatoms. The summed E-state index contributed by atoms with van der Waals surface area (Å²) in [6, 6.07) is 0. The van der Waals surface area contributed by atoms with E-state index in [1.165, 1.54) is 0 Å². The van der Waals surface area contributed by atoms with Crippen LogP contribution in [0.3, 0.4) is 0 Å². The van der Waals surface area contributed by atoms with Gasteiger partial charge in [0.15, 0.2) is 0 Å². The Hall–Kier alpha value is -0.830. The van der Waals surface area contributed by atoms with Crippen LogP contribution in [0.15, 0.2) is 12.2 Å². The molecule has 1 amide bonds. The molecule has 0 spiro atoms. The number of hydrogen-bond donors (Lipinski definition) is 2. The number of rotatable bonds is 5. The summed E-state index contributed by atoms with van der Waals surface area (Å²) in [6.45, 7) is 10.0. The lowest BCUT2D eigenvalue weighted by atomic mass is 10.3. The second kappa shape index (κ2) is 5.92. The van der Waals surface area contributed by atoms with Crippen molar-refractivity contribution in [2.75, 3.05) is 19.6 Å². The molecule has 3 N–H and O–H groups in total. The number of quaternary nitrogens is 1. The van der Waals surface area contributed by atoms with Crippen LogP contribution >= 0.6 is 0 Å². The molecule has 0 fully saturated rings. The number of hydrogen-bond acceptors (Lipinski definition) is 1. The van der Waals surface area contributed by atoms with Crippen LogP contribution in [0.5, 0.6) is 0 Å². The van der Waals surface area contributed by atoms with Gasteiger partial charge in [0.05, 0.1) is 19.6 Å². The Labute approximate surface area is 67.9 Å². The van der Waals surface area contributed by atoms with Gasteiger partial charge in [-0.25, -0.2) is 0 Å². The van der Waals surface area contributed by atoms with Gasteiger partial charge in [-0.15, -0.1) is 0 Å². The predicted molar refractivity (Wildman–Crippen MR) is 45.2 cm³/mol. The fraction of sp³-hybridized carbons (Fsp3) is 0.625. The minimum atomic E-state index is -0.0468. The number of carbonyl (C=O) groups is 1. The second-order valence-electron chi connectivity index (χ2n) is 2.52. The molecular weight excluding hydrogens is 140 g/mol. The van der Waals surface area contributed by atoms with Crippen LogP contribution in [0, 0.1) is 0 Å². The van der Waals surface area contributed by atoms with Crippen molar-refractivity contribution in [3.05, 3.63) is 12.2 Å². The van der Waals surface area contributed by atoms with E-state index in [2.05, 4.69) is 24.1 Å². The molecular formula is C8H17N2O+. The summed E-state index contributed by atoms with van der Waals surface area (Å²) >= 11 is 0. The Kier molecular flexibility index (Phi) is 5.47.